The summed E-state index contributed by atoms with van der Waals surface area (Å²) < 4.78 is 6.56. The molecule has 0 saturated heterocycles. The Morgan fingerprint density at radius 3 is 2.87 bits per heavy atom. The minimum atomic E-state index is -0.349. The summed E-state index contributed by atoms with van der Waals surface area (Å²) in [5.41, 5.74) is 2.02. The molecule has 0 saturated carbocycles. The molecule has 0 atom stereocenters. The fourth-order valence-corrected chi connectivity index (χ4v) is 2.39. The number of aryl methyl sites for hydroxylation is 2. The van der Waals surface area contributed by atoms with Crippen molar-refractivity contribution < 1.29 is 14.3 Å². The van der Waals surface area contributed by atoms with E-state index in [1.54, 1.807) is 18.5 Å². The normalized spacial score (nSPS) is 13.2. The highest BCUT2D eigenvalue weighted by atomic mass is 16.5. The molecule has 1 aromatic heterocycles. The molecule has 1 aliphatic heterocycles. The van der Waals surface area contributed by atoms with Crippen LogP contribution < -0.4 is 5.32 Å². The van der Waals surface area contributed by atoms with Crippen LogP contribution in [0.25, 0.3) is 0 Å². The number of methoxy groups -OCH3 is 1. The van der Waals surface area contributed by atoms with Crippen LogP contribution in [0.2, 0.25) is 0 Å². The van der Waals surface area contributed by atoms with E-state index in [0.717, 1.165) is 12.0 Å². The van der Waals surface area contributed by atoms with Crippen molar-refractivity contribution in [3.05, 3.63) is 47.4 Å². The van der Waals surface area contributed by atoms with E-state index in [9.17, 15) is 9.59 Å². The highest BCUT2D eigenvalue weighted by molar-refractivity contribution is 6.04. The SMILES string of the molecule is COC(=O)c1ccc(CCn2cnc3c2NC=NCC3=O)cc1. The highest BCUT2D eigenvalue weighted by Gasteiger charge is 2.19. The van der Waals surface area contributed by atoms with E-state index >= 15 is 0 Å². The number of hydrogen-bond acceptors (Lipinski definition) is 6. The van der Waals surface area contributed by atoms with Gasteiger partial charge in [-0.25, -0.2) is 9.78 Å². The lowest BCUT2D eigenvalue weighted by Gasteiger charge is -2.08. The van der Waals surface area contributed by atoms with Crippen molar-refractivity contribution in [3.8, 4) is 0 Å². The van der Waals surface area contributed by atoms with Gasteiger partial charge in [0.25, 0.3) is 0 Å². The molecule has 3 rings (SSSR count). The number of fused-ring (bicyclic) bond motifs is 1. The number of rotatable bonds is 4. The number of imidazole rings is 1. The van der Waals surface area contributed by atoms with Gasteiger partial charge in [0.15, 0.2) is 5.69 Å². The van der Waals surface area contributed by atoms with Crippen LogP contribution in [-0.2, 0) is 17.7 Å². The quantitative estimate of drug-likeness (QED) is 0.866. The number of esters is 1. The molecular weight excluding hydrogens is 296 g/mol. The molecule has 0 amide bonds. The van der Waals surface area contributed by atoms with Crippen LogP contribution in [0.5, 0.6) is 0 Å². The molecule has 118 valence electrons. The Labute approximate surface area is 133 Å². The summed E-state index contributed by atoms with van der Waals surface area (Å²) in [5.74, 6) is 0.225. The van der Waals surface area contributed by atoms with Gasteiger partial charge in [-0.05, 0) is 24.1 Å². The number of ketones is 1. The fraction of sp³-hybridized carbons (Fsp3) is 0.250. The third kappa shape index (κ3) is 3.13. The molecule has 0 unspecified atom stereocenters. The zero-order chi connectivity index (χ0) is 16.2. The summed E-state index contributed by atoms with van der Waals surface area (Å²) in [6.07, 6.45) is 3.92. The summed E-state index contributed by atoms with van der Waals surface area (Å²) >= 11 is 0. The number of ether oxygens (including phenoxy) is 1. The maximum atomic E-state index is 11.8. The number of nitrogens with zero attached hydrogens (tertiary/aromatic N) is 3. The van der Waals surface area contributed by atoms with Crippen LogP contribution in [0.3, 0.4) is 0 Å². The van der Waals surface area contributed by atoms with Crippen LogP contribution in [0.15, 0.2) is 35.6 Å². The van der Waals surface area contributed by atoms with Gasteiger partial charge in [-0.3, -0.25) is 9.79 Å². The van der Waals surface area contributed by atoms with Gasteiger partial charge in [0, 0.05) is 6.54 Å². The molecule has 0 spiro atoms. The zero-order valence-corrected chi connectivity index (χ0v) is 12.7. The summed E-state index contributed by atoms with van der Waals surface area (Å²) in [4.78, 5) is 31.4. The third-order valence-electron chi connectivity index (χ3n) is 3.65. The zero-order valence-electron chi connectivity index (χ0n) is 12.7. The molecule has 2 aromatic rings. The number of Topliss-reactive ketones (excluding diaryl/α,β-unsaturated/α-hetero) is 1. The van der Waals surface area contributed by atoms with Crippen LogP contribution >= 0.6 is 0 Å². The van der Waals surface area contributed by atoms with Gasteiger partial charge in [0.05, 0.1) is 25.3 Å². The first kappa shape index (κ1) is 15.0. The number of aromatic nitrogens is 2. The summed E-state index contributed by atoms with van der Waals surface area (Å²) in [7, 11) is 1.36. The number of carbonyl (C=O) groups is 2. The molecule has 1 aliphatic rings. The number of benzene rings is 1. The maximum Gasteiger partial charge on any atom is 0.337 e. The van der Waals surface area contributed by atoms with Gasteiger partial charge in [-0.1, -0.05) is 12.1 Å². The first-order valence-corrected chi connectivity index (χ1v) is 7.19. The Balaban J connectivity index is 1.71. The van der Waals surface area contributed by atoms with Crippen LogP contribution in [0.1, 0.15) is 26.4 Å². The van der Waals surface area contributed by atoms with Crippen molar-refractivity contribution in [1.82, 2.24) is 9.55 Å². The molecule has 7 nitrogen and oxygen atoms in total. The first-order chi connectivity index (χ1) is 11.2. The number of carbonyl (C=O) groups excluding carboxylic acids is 2. The van der Waals surface area contributed by atoms with Crippen LogP contribution in [0.4, 0.5) is 5.82 Å². The van der Waals surface area contributed by atoms with Crippen LogP contribution in [0, 0.1) is 0 Å². The Morgan fingerprint density at radius 2 is 2.13 bits per heavy atom. The predicted octanol–water partition coefficient (Wildman–Crippen LogP) is 1.55. The molecule has 0 fully saturated rings. The molecular formula is C16H16N4O3. The summed E-state index contributed by atoms with van der Waals surface area (Å²) in [5, 5.41) is 3.00. The summed E-state index contributed by atoms with van der Waals surface area (Å²) in [6, 6.07) is 7.26. The van der Waals surface area contributed by atoms with E-state index in [4.69, 9.17) is 0 Å². The van der Waals surface area contributed by atoms with Crippen molar-refractivity contribution in [3.63, 3.8) is 0 Å². The van der Waals surface area contributed by atoms with Crippen molar-refractivity contribution in [2.75, 3.05) is 19.0 Å². The van der Waals surface area contributed by atoms with Crippen molar-refractivity contribution in [2.24, 2.45) is 4.99 Å². The maximum absolute atomic E-state index is 11.8. The van der Waals surface area contributed by atoms with E-state index in [2.05, 4.69) is 20.0 Å². The smallest absolute Gasteiger partial charge is 0.337 e. The second kappa shape index (κ2) is 6.43. The molecule has 1 aromatic carbocycles. The second-order valence-electron chi connectivity index (χ2n) is 5.11. The van der Waals surface area contributed by atoms with Gasteiger partial charge in [-0.15, -0.1) is 0 Å². The van der Waals surface area contributed by atoms with E-state index in [1.165, 1.54) is 13.4 Å². The average molecular weight is 312 g/mol. The molecule has 2 heterocycles. The predicted molar refractivity (Wildman–Crippen MR) is 85.0 cm³/mol. The van der Waals surface area contributed by atoms with Gasteiger partial charge in [-0.2, -0.15) is 0 Å². The van der Waals surface area contributed by atoms with Crippen molar-refractivity contribution in [1.29, 1.82) is 0 Å². The van der Waals surface area contributed by atoms with Gasteiger partial charge in [0.1, 0.15) is 12.4 Å². The number of aliphatic imine (C=N–C) groups is 1. The number of hydrogen-bond donors (Lipinski definition) is 1. The highest BCUT2D eigenvalue weighted by Crippen LogP contribution is 2.17. The van der Waals surface area contributed by atoms with E-state index in [0.29, 0.717) is 23.6 Å². The number of anilines is 1. The molecule has 0 bridgehead atoms. The third-order valence-corrected chi connectivity index (χ3v) is 3.65. The fourth-order valence-electron chi connectivity index (χ4n) is 2.39. The molecule has 7 heteroatoms. The molecule has 1 N–H and O–H groups in total. The van der Waals surface area contributed by atoms with Gasteiger partial charge >= 0.3 is 5.97 Å². The first-order valence-electron chi connectivity index (χ1n) is 7.19. The number of nitrogens with one attached hydrogen (secondary N) is 1. The molecule has 0 aliphatic carbocycles. The average Bonchev–Trinajstić information content (AvgIpc) is 2.90. The van der Waals surface area contributed by atoms with Crippen LogP contribution in [-0.4, -0.2) is 41.3 Å². The standard InChI is InChI=1S/C16H16N4O3/c1-23-16(22)12-4-2-11(3-5-12)6-7-20-10-19-14-13(21)8-17-9-18-15(14)20/h2-5,9-10H,6-8H2,1H3,(H,17,18). The lowest BCUT2D eigenvalue weighted by Crippen LogP contribution is -2.08. The molecule has 23 heavy (non-hydrogen) atoms. The Kier molecular flexibility index (Phi) is 4.18. The van der Waals surface area contributed by atoms with E-state index in [1.807, 2.05) is 16.7 Å². The summed E-state index contributed by atoms with van der Waals surface area (Å²) in [6.45, 7) is 0.778. The van der Waals surface area contributed by atoms with Crippen molar-refractivity contribution >= 4 is 23.9 Å². The topological polar surface area (TPSA) is 85.6 Å². The minimum Gasteiger partial charge on any atom is -0.465 e. The van der Waals surface area contributed by atoms with Gasteiger partial charge < -0.3 is 14.6 Å². The second-order valence-corrected chi connectivity index (χ2v) is 5.11. The Hall–Kier alpha value is -2.96. The van der Waals surface area contributed by atoms with E-state index < -0.39 is 0 Å². The van der Waals surface area contributed by atoms with E-state index in [-0.39, 0.29) is 18.3 Å². The molecule has 0 radical (unpaired) electrons. The monoisotopic (exact) mass is 312 g/mol. The lowest BCUT2D eigenvalue weighted by atomic mass is 10.1. The minimum absolute atomic E-state index is 0.0950. The Morgan fingerprint density at radius 1 is 1.35 bits per heavy atom. The lowest BCUT2D eigenvalue weighted by molar-refractivity contribution is 0.0600. The van der Waals surface area contributed by atoms with Crippen molar-refractivity contribution in [2.45, 2.75) is 13.0 Å². The Bertz CT molecular complexity index is 762. The van der Waals surface area contributed by atoms with Gasteiger partial charge in [0.2, 0.25) is 5.78 Å². The largest absolute Gasteiger partial charge is 0.465 e.